The Morgan fingerprint density at radius 3 is 2.40 bits per heavy atom. The number of benzene rings is 2. The van der Waals surface area contributed by atoms with Gasteiger partial charge < -0.3 is 4.98 Å². The Bertz CT molecular complexity index is 957. The topological polar surface area (TPSA) is 62.0 Å². The Kier molecular flexibility index (Phi) is 4.97. The van der Waals surface area contributed by atoms with Gasteiger partial charge in [0.25, 0.3) is 0 Å². The number of aromatic nitrogens is 1. The Morgan fingerprint density at radius 2 is 1.72 bits per heavy atom. The van der Waals surface area contributed by atoms with Crippen molar-refractivity contribution in [1.82, 2.24) is 9.71 Å². The van der Waals surface area contributed by atoms with Crippen molar-refractivity contribution < 1.29 is 8.42 Å². The van der Waals surface area contributed by atoms with E-state index in [9.17, 15) is 8.42 Å². The molecule has 0 amide bonds. The molecule has 2 aromatic carbocycles. The lowest BCUT2D eigenvalue weighted by molar-refractivity contribution is 0.488. The lowest BCUT2D eigenvalue weighted by atomic mass is 9.88. The molecule has 132 valence electrons. The highest BCUT2D eigenvalue weighted by Crippen LogP contribution is 2.30. The van der Waals surface area contributed by atoms with Gasteiger partial charge in [-0.15, -0.1) is 0 Å². The first-order valence-corrected chi connectivity index (χ1v) is 9.99. The van der Waals surface area contributed by atoms with Crippen molar-refractivity contribution in [1.29, 1.82) is 0 Å². The third kappa shape index (κ3) is 3.78. The molecular formula is C20H24N2O2S. The van der Waals surface area contributed by atoms with Crippen LogP contribution in [0.5, 0.6) is 0 Å². The van der Waals surface area contributed by atoms with Gasteiger partial charge in [-0.25, -0.2) is 13.1 Å². The molecule has 1 heterocycles. The first kappa shape index (κ1) is 17.7. The number of hydrogen-bond acceptors (Lipinski definition) is 2. The van der Waals surface area contributed by atoms with Crippen molar-refractivity contribution in [2.75, 3.05) is 6.54 Å². The molecule has 3 rings (SSSR count). The fraction of sp³-hybridized carbons (Fsp3) is 0.300. The van der Waals surface area contributed by atoms with Gasteiger partial charge in [0.15, 0.2) is 0 Å². The molecule has 5 heteroatoms. The highest BCUT2D eigenvalue weighted by atomic mass is 32.2. The number of para-hydroxylation sites is 1. The minimum atomic E-state index is -3.51. The first-order valence-electron chi connectivity index (χ1n) is 8.51. The van der Waals surface area contributed by atoms with E-state index in [0.717, 1.165) is 22.0 Å². The van der Waals surface area contributed by atoms with Gasteiger partial charge in [-0.3, -0.25) is 0 Å². The van der Waals surface area contributed by atoms with Gasteiger partial charge >= 0.3 is 0 Å². The van der Waals surface area contributed by atoms with Crippen molar-refractivity contribution in [2.24, 2.45) is 5.92 Å². The maximum Gasteiger partial charge on any atom is 0.240 e. The Balaban J connectivity index is 1.84. The highest BCUT2D eigenvalue weighted by molar-refractivity contribution is 7.89. The predicted octanol–water partition coefficient (Wildman–Crippen LogP) is 4.19. The van der Waals surface area contributed by atoms with Gasteiger partial charge in [0.1, 0.15) is 0 Å². The summed E-state index contributed by atoms with van der Waals surface area (Å²) >= 11 is 0. The van der Waals surface area contributed by atoms with Crippen LogP contribution in [0.3, 0.4) is 0 Å². The summed E-state index contributed by atoms with van der Waals surface area (Å²) in [7, 11) is -3.51. The summed E-state index contributed by atoms with van der Waals surface area (Å²) in [6.45, 7) is 6.55. The van der Waals surface area contributed by atoms with Crippen LogP contribution in [-0.2, 0) is 10.0 Å². The standard InChI is InChI=1S/C20H24N2O2S/c1-14(2)18(19-12-21-20-7-5-4-6-17(19)20)13-22-25(23,24)16-10-8-15(3)9-11-16/h4-12,14,18,21-22H,13H2,1-3H3/t18-/m1/s1. The van der Waals surface area contributed by atoms with Gasteiger partial charge in [-0.2, -0.15) is 0 Å². The van der Waals surface area contributed by atoms with Gasteiger partial charge in [-0.05, 0) is 36.6 Å². The number of nitrogens with one attached hydrogen (secondary N) is 2. The molecule has 0 bridgehead atoms. The summed E-state index contributed by atoms with van der Waals surface area (Å²) in [4.78, 5) is 3.59. The minimum absolute atomic E-state index is 0.0939. The molecule has 0 aliphatic rings. The first-order chi connectivity index (χ1) is 11.9. The molecule has 1 aromatic heterocycles. The number of fused-ring (bicyclic) bond motifs is 1. The molecule has 0 unspecified atom stereocenters. The van der Waals surface area contributed by atoms with Crippen LogP contribution in [-0.4, -0.2) is 19.9 Å². The molecule has 0 saturated carbocycles. The maximum atomic E-state index is 12.6. The van der Waals surface area contributed by atoms with E-state index in [1.807, 2.05) is 43.5 Å². The van der Waals surface area contributed by atoms with Crippen LogP contribution in [0.4, 0.5) is 0 Å². The highest BCUT2D eigenvalue weighted by Gasteiger charge is 2.22. The summed E-state index contributed by atoms with van der Waals surface area (Å²) < 4.78 is 28.0. The van der Waals surface area contributed by atoms with Crippen LogP contribution in [0.15, 0.2) is 59.6 Å². The van der Waals surface area contributed by atoms with E-state index in [-0.39, 0.29) is 5.92 Å². The SMILES string of the molecule is Cc1ccc(S(=O)(=O)NC[C@@H](c2c[nH]c3ccccc23)C(C)C)cc1. The average Bonchev–Trinajstić information content (AvgIpc) is 2.99. The van der Waals surface area contributed by atoms with Crippen molar-refractivity contribution >= 4 is 20.9 Å². The zero-order chi connectivity index (χ0) is 18.0. The lowest BCUT2D eigenvalue weighted by Gasteiger charge is -2.21. The van der Waals surface area contributed by atoms with Crippen LogP contribution < -0.4 is 4.72 Å². The molecule has 0 spiro atoms. The number of H-pyrrole nitrogens is 1. The second-order valence-corrected chi connectivity index (χ2v) is 8.57. The number of rotatable bonds is 6. The average molecular weight is 356 g/mol. The Labute approximate surface area is 149 Å². The lowest BCUT2D eigenvalue weighted by Crippen LogP contribution is -2.30. The molecule has 25 heavy (non-hydrogen) atoms. The quantitative estimate of drug-likeness (QED) is 0.695. The summed E-state index contributed by atoms with van der Waals surface area (Å²) in [5.74, 6) is 0.399. The smallest absolute Gasteiger partial charge is 0.240 e. The molecule has 0 radical (unpaired) electrons. The van der Waals surface area contributed by atoms with Gasteiger partial charge in [0.2, 0.25) is 10.0 Å². The molecule has 1 atom stereocenters. The van der Waals surface area contributed by atoms with Crippen LogP contribution in [0, 0.1) is 12.8 Å². The predicted molar refractivity (Wildman–Crippen MR) is 102 cm³/mol. The fourth-order valence-electron chi connectivity index (χ4n) is 3.11. The van der Waals surface area contributed by atoms with Crippen molar-refractivity contribution in [3.8, 4) is 0 Å². The molecular weight excluding hydrogens is 332 g/mol. The summed E-state index contributed by atoms with van der Waals surface area (Å²) in [6.07, 6.45) is 2.00. The number of sulfonamides is 1. The van der Waals surface area contributed by atoms with Crippen molar-refractivity contribution in [2.45, 2.75) is 31.6 Å². The third-order valence-electron chi connectivity index (χ3n) is 4.65. The maximum absolute atomic E-state index is 12.6. The molecule has 2 N–H and O–H groups in total. The third-order valence-corrected chi connectivity index (χ3v) is 6.09. The summed E-state index contributed by atoms with van der Waals surface area (Å²) in [6, 6.07) is 15.0. The van der Waals surface area contributed by atoms with E-state index in [0.29, 0.717) is 17.4 Å². The zero-order valence-corrected chi connectivity index (χ0v) is 15.6. The van der Waals surface area contributed by atoms with E-state index in [1.165, 1.54) is 0 Å². The van der Waals surface area contributed by atoms with E-state index in [2.05, 4.69) is 29.6 Å². The largest absolute Gasteiger partial charge is 0.361 e. The Hall–Kier alpha value is -2.11. The molecule has 0 saturated heterocycles. The van der Waals surface area contributed by atoms with Crippen molar-refractivity contribution in [3.63, 3.8) is 0 Å². The van der Waals surface area contributed by atoms with Crippen LogP contribution >= 0.6 is 0 Å². The minimum Gasteiger partial charge on any atom is -0.361 e. The monoisotopic (exact) mass is 356 g/mol. The fourth-order valence-corrected chi connectivity index (χ4v) is 4.17. The zero-order valence-electron chi connectivity index (χ0n) is 14.8. The molecule has 0 aliphatic heterocycles. The van der Waals surface area contributed by atoms with Crippen molar-refractivity contribution in [3.05, 3.63) is 65.9 Å². The number of aryl methyl sites for hydroxylation is 1. The molecule has 4 nitrogen and oxygen atoms in total. The second kappa shape index (κ2) is 7.02. The van der Waals surface area contributed by atoms with Crippen LogP contribution in [0.1, 0.15) is 30.9 Å². The molecule has 0 fully saturated rings. The normalized spacial score (nSPS) is 13.4. The summed E-state index contributed by atoms with van der Waals surface area (Å²) in [5.41, 5.74) is 3.26. The van der Waals surface area contributed by atoms with Gasteiger partial charge in [-0.1, -0.05) is 49.7 Å². The summed E-state index contributed by atoms with van der Waals surface area (Å²) in [5, 5.41) is 1.15. The second-order valence-electron chi connectivity index (χ2n) is 6.81. The van der Waals surface area contributed by atoms with E-state index in [1.54, 1.807) is 12.1 Å². The van der Waals surface area contributed by atoms with Crippen LogP contribution in [0.2, 0.25) is 0 Å². The number of hydrogen-bond donors (Lipinski definition) is 2. The van der Waals surface area contributed by atoms with Crippen LogP contribution in [0.25, 0.3) is 10.9 Å². The Morgan fingerprint density at radius 1 is 1.04 bits per heavy atom. The molecule has 3 aromatic rings. The van der Waals surface area contributed by atoms with E-state index in [4.69, 9.17) is 0 Å². The van der Waals surface area contributed by atoms with E-state index >= 15 is 0 Å². The number of aromatic amines is 1. The van der Waals surface area contributed by atoms with Gasteiger partial charge in [0.05, 0.1) is 4.90 Å². The molecule has 0 aliphatic carbocycles. The van der Waals surface area contributed by atoms with Gasteiger partial charge in [0, 0.05) is 29.6 Å². The van der Waals surface area contributed by atoms with E-state index < -0.39 is 10.0 Å².